The molecule has 0 aliphatic heterocycles. The Morgan fingerprint density at radius 2 is 1.81 bits per heavy atom. The Labute approximate surface area is 187 Å². The van der Waals surface area contributed by atoms with E-state index in [4.69, 9.17) is 4.74 Å². The van der Waals surface area contributed by atoms with E-state index in [0.717, 1.165) is 32.1 Å². The van der Waals surface area contributed by atoms with Crippen LogP contribution in [0.5, 0.6) is 0 Å². The Kier molecular flexibility index (Phi) is 7.23. The van der Waals surface area contributed by atoms with Crippen molar-refractivity contribution >= 4 is 5.97 Å². The molecule has 1 aromatic heterocycles. The summed E-state index contributed by atoms with van der Waals surface area (Å²) >= 11 is 0. The van der Waals surface area contributed by atoms with Gasteiger partial charge in [0, 0.05) is 5.92 Å². The number of benzene rings is 1. The van der Waals surface area contributed by atoms with Crippen LogP contribution >= 0.6 is 0 Å². The number of rotatable bonds is 6. The quantitative estimate of drug-likeness (QED) is 0.516. The summed E-state index contributed by atoms with van der Waals surface area (Å²) < 4.78 is 7.83. The molecule has 1 unspecified atom stereocenters. The highest BCUT2D eigenvalue weighted by atomic mass is 16.6. The number of carbonyl (C=O) groups is 1. The summed E-state index contributed by atoms with van der Waals surface area (Å²) in [5, 5.41) is 9.18. The second-order valence-electron chi connectivity index (χ2n) is 10.6. The van der Waals surface area contributed by atoms with Crippen LogP contribution in [0, 0.1) is 0 Å². The van der Waals surface area contributed by atoms with Crippen molar-refractivity contribution in [3.63, 3.8) is 0 Å². The molecule has 1 aliphatic carbocycles. The first-order chi connectivity index (χ1) is 14.6. The average molecular weight is 426 g/mol. The zero-order valence-electron chi connectivity index (χ0n) is 20.2. The zero-order chi connectivity index (χ0) is 22.6. The number of hydrogen-bond donors (Lipinski definition) is 0. The second kappa shape index (κ2) is 9.54. The van der Waals surface area contributed by atoms with Gasteiger partial charge in [0.15, 0.2) is 0 Å². The molecular weight excluding hydrogens is 386 g/mol. The van der Waals surface area contributed by atoms with Gasteiger partial charge in [0.05, 0.1) is 22.5 Å². The summed E-state index contributed by atoms with van der Waals surface area (Å²) in [4.78, 5) is 12.5. The molecule has 1 heterocycles. The third-order valence-corrected chi connectivity index (χ3v) is 6.17. The molecule has 0 bridgehead atoms. The normalized spacial score (nSPS) is 17.5. The van der Waals surface area contributed by atoms with Gasteiger partial charge in [-0.05, 0) is 84.4 Å². The number of nitrogens with zero attached hydrogens (tertiary/aromatic N) is 3. The van der Waals surface area contributed by atoms with Gasteiger partial charge in [-0.2, -0.15) is 0 Å². The van der Waals surface area contributed by atoms with Gasteiger partial charge in [-0.15, -0.1) is 5.10 Å². The summed E-state index contributed by atoms with van der Waals surface area (Å²) in [6.07, 6.45) is 8.63. The molecule has 0 fully saturated rings. The van der Waals surface area contributed by atoms with E-state index in [9.17, 15) is 4.79 Å². The van der Waals surface area contributed by atoms with E-state index in [2.05, 4.69) is 54.8 Å². The lowest BCUT2D eigenvalue weighted by molar-refractivity contribution is -0.00472. The van der Waals surface area contributed by atoms with Crippen LogP contribution in [0.2, 0.25) is 0 Å². The number of ether oxygens (including phenoxy) is 1. The van der Waals surface area contributed by atoms with Crippen LogP contribution in [0.25, 0.3) is 0 Å². The Hall–Kier alpha value is -2.17. The van der Waals surface area contributed by atoms with E-state index >= 15 is 0 Å². The summed E-state index contributed by atoms with van der Waals surface area (Å²) in [6, 6.07) is 7.93. The van der Waals surface area contributed by atoms with Gasteiger partial charge in [0.1, 0.15) is 5.60 Å². The van der Waals surface area contributed by atoms with E-state index in [1.807, 2.05) is 26.0 Å². The van der Waals surface area contributed by atoms with Crippen molar-refractivity contribution in [2.75, 3.05) is 0 Å². The van der Waals surface area contributed by atoms with E-state index in [0.29, 0.717) is 11.5 Å². The Morgan fingerprint density at radius 3 is 2.45 bits per heavy atom. The standard InChI is InChI=1S/C26H39N3O2/c1-7-17-26(5,6)31-24(30)20-15-13-19(14-16-20)18-21-11-9-8-10-12-22-23(21)27-28-29(22)25(2,3)4/h13-16,21H,7-12,17-18H2,1-6H3. The van der Waals surface area contributed by atoms with Crippen molar-refractivity contribution in [3.05, 3.63) is 46.8 Å². The van der Waals surface area contributed by atoms with Crippen LogP contribution in [0.3, 0.4) is 0 Å². The van der Waals surface area contributed by atoms with Crippen molar-refractivity contribution in [2.24, 2.45) is 0 Å². The molecule has 5 heteroatoms. The van der Waals surface area contributed by atoms with Crippen molar-refractivity contribution < 1.29 is 9.53 Å². The highest BCUT2D eigenvalue weighted by molar-refractivity contribution is 5.89. The number of hydrogen-bond acceptors (Lipinski definition) is 4. The minimum Gasteiger partial charge on any atom is -0.456 e. The smallest absolute Gasteiger partial charge is 0.338 e. The highest BCUT2D eigenvalue weighted by Gasteiger charge is 2.28. The van der Waals surface area contributed by atoms with Crippen LogP contribution in [0.1, 0.15) is 113 Å². The topological polar surface area (TPSA) is 57.0 Å². The van der Waals surface area contributed by atoms with Gasteiger partial charge < -0.3 is 4.74 Å². The van der Waals surface area contributed by atoms with Crippen LogP contribution < -0.4 is 0 Å². The predicted molar refractivity (Wildman–Crippen MR) is 124 cm³/mol. The van der Waals surface area contributed by atoms with Crippen molar-refractivity contribution in [1.82, 2.24) is 15.0 Å². The monoisotopic (exact) mass is 425 g/mol. The molecule has 5 nitrogen and oxygen atoms in total. The number of esters is 1. The molecule has 1 aliphatic rings. The number of aromatic nitrogens is 3. The molecule has 0 N–H and O–H groups in total. The van der Waals surface area contributed by atoms with E-state index in [1.54, 1.807) is 0 Å². The van der Waals surface area contributed by atoms with E-state index in [1.165, 1.54) is 36.2 Å². The maximum atomic E-state index is 12.5. The minimum atomic E-state index is -0.432. The van der Waals surface area contributed by atoms with Crippen LogP contribution in [-0.4, -0.2) is 26.6 Å². The Balaban J connectivity index is 1.76. The molecule has 0 saturated heterocycles. The van der Waals surface area contributed by atoms with Gasteiger partial charge in [-0.3, -0.25) is 0 Å². The summed E-state index contributed by atoms with van der Waals surface area (Å²) in [5.74, 6) is 0.124. The second-order valence-corrected chi connectivity index (χ2v) is 10.6. The molecule has 0 saturated carbocycles. The lowest BCUT2D eigenvalue weighted by Gasteiger charge is -2.25. The molecule has 0 spiro atoms. The SMILES string of the molecule is CCCC(C)(C)OC(=O)c1ccc(CC2CCCCCc3c2nnn3C(C)(C)C)cc1. The summed E-state index contributed by atoms with van der Waals surface area (Å²) in [5.41, 5.74) is 3.82. The Bertz CT molecular complexity index is 875. The maximum Gasteiger partial charge on any atom is 0.338 e. The minimum absolute atomic E-state index is 0.0576. The van der Waals surface area contributed by atoms with Gasteiger partial charge in [0.25, 0.3) is 0 Å². The fourth-order valence-corrected chi connectivity index (χ4v) is 4.62. The predicted octanol–water partition coefficient (Wildman–Crippen LogP) is 6.21. The Morgan fingerprint density at radius 1 is 1.10 bits per heavy atom. The fourth-order valence-electron chi connectivity index (χ4n) is 4.62. The zero-order valence-corrected chi connectivity index (χ0v) is 20.2. The molecule has 1 atom stereocenters. The van der Waals surface area contributed by atoms with Gasteiger partial charge in [-0.25, -0.2) is 9.48 Å². The summed E-state index contributed by atoms with van der Waals surface area (Å²) in [6.45, 7) is 12.6. The van der Waals surface area contributed by atoms with Crippen LogP contribution in [0.15, 0.2) is 24.3 Å². The largest absolute Gasteiger partial charge is 0.456 e. The van der Waals surface area contributed by atoms with Crippen molar-refractivity contribution in [3.8, 4) is 0 Å². The fraction of sp³-hybridized carbons (Fsp3) is 0.654. The van der Waals surface area contributed by atoms with Crippen molar-refractivity contribution in [1.29, 1.82) is 0 Å². The first-order valence-corrected chi connectivity index (χ1v) is 11.9. The van der Waals surface area contributed by atoms with Gasteiger partial charge >= 0.3 is 5.97 Å². The summed E-state index contributed by atoms with van der Waals surface area (Å²) in [7, 11) is 0. The van der Waals surface area contributed by atoms with Gasteiger partial charge in [0.2, 0.25) is 0 Å². The number of carbonyl (C=O) groups excluding carboxylic acids is 1. The van der Waals surface area contributed by atoms with Gasteiger partial charge in [-0.1, -0.05) is 43.5 Å². The third-order valence-electron chi connectivity index (χ3n) is 6.17. The molecule has 1 aromatic carbocycles. The maximum absolute atomic E-state index is 12.5. The van der Waals surface area contributed by atoms with E-state index in [-0.39, 0.29) is 11.5 Å². The molecule has 0 amide bonds. The molecule has 31 heavy (non-hydrogen) atoms. The molecular formula is C26H39N3O2. The molecule has 170 valence electrons. The first-order valence-electron chi connectivity index (χ1n) is 11.9. The van der Waals surface area contributed by atoms with Crippen molar-refractivity contribution in [2.45, 2.75) is 110 Å². The first kappa shape index (κ1) is 23.5. The van der Waals surface area contributed by atoms with Crippen LogP contribution in [-0.2, 0) is 23.1 Å². The molecule has 2 aromatic rings. The molecule has 0 radical (unpaired) electrons. The highest BCUT2D eigenvalue weighted by Crippen LogP contribution is 2.33. The lowest BCUT2D eigenvalue weighted by Crippen LogP contribution is -2.27. The average Bonchev–Trinajstić information content (AvgIpc) is 3.08. The lowest BCUT2D eigenvalue weighted by atomic mass is 9.86. The number of fused-ring (bicyclic) bond motifs is 1. The van der Waals surface area contributed by atoms with E-state index < -0.39 is 5.60 Å². The molecule has 3 rings (SSSR count). The third kappa shape index (κ3) is 5.96. The van der Waals surface area contributed by atoms with Crippen LogP contribution in [0.4, 0.5) is 0 Å².